The highest BCUT2D eigenvalue weighted by molar-refractivity contribution is 7.92. The Labute approximate surface area is 224 Å². The van der Waals surface area contributed by atoms with E-state index in [2.05, 4.69) is 29.6 Å². The summed E-state index contributed by atoms with van der Waals surface area (Å²) in [5.74, 6) is -1.85. The van der Waals surface area contributed by atoms with E-state index in [9.17, 15) is 12.8 Å². The molecule has 2 N–H and O–H groups in total. The fourth-order valence-corrected chi connectivity index (χ4v) is 5.52. The molecule has 39 heavy (non-hydrogen) atoms. The topological polar surface area (TPSA) is 127 Å². The number of hydrogen-bond donors (Lipinski definition) is 2. The van der Waals surface area contributed by atoms with E-state index in [0.717, 1.165) is 29.2 Å². The Bertz CT molecular complexity index is 1980. The van der Waals surface area contributed by atoms with Crippen LogP contribution < -0.4 is 9.46 Å². The summed E-state index contributed by atoms with van der Waals surface area (Å²) < 4.78 is 65.1. The molecule has 0 spiro atoms. The highest BCUT2D eigenvalue weighted by Crippen LogP contribution is 2.33. The molecule has 0 bridgehead atoms. The van der Waals surface area contributed by atoms with E-state index < -0.39 is 37.8 Å². The van der Waals surface area contributed by atoms with Crippen molar-refractivity contribution >= 4 is 43.9 Å². The van der Waals surface area contributed by atoms with Crippen molar-refractivity contribution in [1.29, 1.82) is 0 Å². The van der Waals surface area contributed by atoms with Crippen LogP contribution in [0.1, 0.15) is 0 Å². The Morgan fingerprint density at radius 2 is 1.90 bits per heavy atom. The van der Waals surface area contributed by atoms with Crippen molar-refractivity contribution in [2.45, 2.75) is 4.90 Å². The molecule has 4 heterocycles. The van der Waals surface area contributed by atoms with Crippen molar-refractivity contribution in [2.24, 2.45) is 0 Å². The second-order valence-corrected chi connectivity index (χ2v) is 10.4. The first-order valence-corrected chi connectivity index (χ1v) is 13.1. The van der Waals surface area contributed by atoms with Gasteiger partial charge in [0, 0.05) is 12.4 Å². The number of hydrogen-bond acceptors (Lipinski definition) is 7. The van der Waals surface area contributed by atoms with Gasteiger partial charge < -0.3 is 14.1 Å². The molecule has 6 rings (SSSR count). The molecular formula is C25H16ClF2N7O3S. The lowest BCUT2D eigenvalue weighted by Gasteiger charge is -2.14. The van der Waals surface area contributed by atoms with Crippen LogP contribution >= 0.6 is 11.6 Å². The fraction of sp³-hybridized carbons (Fsp3) is 0.0400. The smallest absolute Gasteiger partial charge is 0.267 e. The minimum absolute atomic E-state index is 0.0243. The number of para-hydroxylation sites is 2. The second kappa shape index (κ2) is 9.29. The molecule has 6 aromatic rings. The number of nitrogens with zero attached hydrogens (tertiary/aromatic N) is 5. The van der Waals surface area contributed by atoms with Gasteiger partial charge in [-0.3, -0.25) is 9.71 Å². The van der Waals surface area contributed by atoms with Crippen LogP contribution in [0, 0.1) is 11.6 Å². The summed E-state index contributed by atoms with van der Waals surface area (Å²) in [6.45, 7) is 0. The van der Waals surface area contributed by atoms with Gasteiger partial charge in [-0.1, -0.05) is 23.7 Å². The van der Waals surface area contributed by atoms with Crippen LogP contribution in [0.5, 0.6) is 5.88 Å². The third-order valence-corrected chi connectivity index (χ3v) is 7.46. The molecule has 0 fully saturated rings. The Morgan fingerprint density at radius 3 is 2.69 bits per heavy atom. The van der Waals surface area contributed by atoms with E-state index in [1.807, 2.05) is 24.3 Å². The molecule has 196 valence electrons. The zero-order valence-corrected chi connectivity index (χ0v) is 21.4. The number of nitrogens with one attached hydrogen (secondary N) is 2. The van der Waals surface area contributed by atoms with E-state index in [1.165, 1.54) is 32.0 Å². The van der Waals surface area contributed by atoms with E-state index >= 15 is 4.39 Å². The number of halogens is 3. The first-order valence-electron chi connectivity index (χ1n) is 11.2. The monoisotopic (exact) mass is 567 g/mol. The molecule has 0 saturated carbocycles. The number of aromatic amines is 1. The van der Waals surface area contributed by atoms with Crippen molar-refractivity contribution in [1.82, 2.24) is 29.3 Å². The van der Waals surface area contributed by atoms with Gasteiger partial charge in [-0.15, -0.1) is 0 Å². The number of rotatable bonds is 6. The third-order valence-electron chi connectivity index (χ3n) is 5.89. The van der Waals surface area contributed by atoms with E-state index in [0.29, 0.717) is 17.0 Å². The van der Waals surface area contributed by atoms with Crippen LogP contribution in [0.2, 0.25) is 5.02 Å². The summed E-state index contributed by atoms with van der Waals surface area (Å²) in [6.07, 6.45) is 5.46. The van der Waals surface area contributed by atoms with Gasteiger partial charge in [0.15, 0.2) is 16.5 Å². The summed E-state index contributed by atoms with van der Waals surface area (Å²) in [6, 6.07) is 10.5. The highest BCUT2D eigenvalue weighted by atomic mass is 35.5. The fourth-order valence-electron chi connectivity index (χ4n) is 4.09. The van der Waals surface area contributed by atoms with Gasteiger partial charge in [-0.05, 0) is 30.3 Å². The first-order chi connectivity index (χ1) is 18.7. The number of imidazole rings is 2. The molecule has 14 heteroatoms. The standard InChI is InChI=1S/C25H16ClF2N7O3S/c1-38-25-20(8-13(26)9-30-25)39(36,37)34-17-7-6-14(27)21(22(17)28)18-11-35-12-31-23(19(35)10-29-18)24-32-15-4-2-3-5-16(15)33-24/h2-12,34H,1H3,(H,32,33). The predicted molar refractivity (Wildman–Crippen MR) is 140 cm³/mol. The number of H-pyrrole nitrogens is 1. The molecule has 4 aromatic heterocycles. The maximum absolute atomic E-state index is 15.6. The minimum atomic E-state index is -4.42. The minimum Gasteiger partial charge on any atom is -0.480 e. The first kappa shape index (κ1) is 24.7. The zero-order chi connectivity index (χ0) is 27.3. The van der Waals surface area contributed by atoms with Gasteiger partial charge in [0.25, 0.3) is 10.0 Å². The number of ether oxygens (including phenoxy) is 1. The highest BCUT2D eigenvalue weighted by Gasteiger charge is 2.25. The molecule has 0 atom stereocenters. The van der Waals surface area contributed by atoms with Crippen LogP contribution in [0.15, 0.2) is 72.3 Å². The van der Waals surface area contributed by atoms with Gasteiger partial charge in [0.05, 0.1) is 51.8 Å². The second-order valence-electron chi connectivity index (χ2n) is 8.31. The molecule has 0 radical (unpaired) electrons. The molecule has 0 aliphatic heterocycles. The Morgan fingerprint density at radius 1 is 1.08 bits per heavy atom. The molecular weight excluding hydrogens is 552 g/mol. The molecule has 0 aliphatic rings. The van der Waals surface area contributed by atoms with Gasteiger partial charge in [0.2, 0.25) is 5.88 Å². The van der Waals surface area contributed by atoms with Crippen molar-refractivity contribution in [2.75, 3.05) is 11.8 Å². The zero-order valence-electron chi connectivity index (χ0n) is 19.9. The lowest BCUT2D eigenvalue weighted by molar-refractivity contribution is 0.385. The van der Waals surface area contributed by atoms with Crippen LogP contribution in [-0.4, -0.2) is 44.8 Å². The van der Waals surface area contributed by atoms with Crippen molar-refractivity contribution in [3.8, 4) is 28.7 Å². The van der Waals surface area contributed by atoms with Crippen LogP contribution in [0.25, 0.3) is 39.3 Å². The van der Waals surface area contributed by atoms with E-state index in [-0.39, 0.29) is 16.6 Å². The molecule has 0 amide bonds. The molecule has 10 nitrogen and oxygen atoms in total. The van der Waals surface area contributed by atoms with E-state index in [4.69, 9.17) is 16.3 Å². The summed E-state index contributed by atoms with van der Waals surface area (Å²) in [5, 5.41) is 0.0243. The average Bonchev–Trinajstić information content (AvgIpc) is 3.54. The van der Waals surface area contributed by atoms with E-state index in [1.54, 1.807) is 4.40 Å². The Kier molecular flexibility index (Phi) is 5.88. The van der Waals surface area contributed by atoms with Crippen LogP contribution in [0.4, 0.5) is 14.5 Å². The number of sulfonamides is 1. The summed E-state index contributed by atoms with van der Waals surface area (Å²) in [7, 11) is -3.19. The molecule has 0 unspecified atom stereocenters. The van der Waals surface area contributed by atoms with Crippen molar-refractivity contribution in [3.63, 3.8) is 0 Å². The third kappa shape index (κ3) is 4.30. The molecule has 2 aromatic carbocycles. The molecule has 0 aliphatic carbocycles. The predicted octanol–water partition coefficient (Wildman–Crippen LogP) is 5.08. The maximum atomic E-state index is 15.6. The Balaban J connectivity index is 1.39. The quantitative estimate of drug-likeness (QED) is 0.287. The van der Waals surface area contributed by atoms with Gasteiger partial charge in [0.1, 0.15) is 17.8 Å². The number of methoxy groups -OCH3 is 1. The number of aromatic nitrogens is 6. The lowest BCUT2D eigenvalue weighted by Crippen LogP contribution is -2.16. The van der Waals surface area contributed by atoms with Crippen molar-refractivity contribution in [3.05, 3.63) is 84.0 Å². The van der Waals surface area contributed by atoms with Gasteiger partial charge >= 0.3 is 0 Å². The SMILES string of the molecule is COc1ncc(Cl)cc1S(=O)(=O)Nc1ccc(F)c(-c2cn3cnc(-c4nc5ccccc5[nH]4)c3cn2)c1F. The Hall–Kier alpha value is -4.62. The van der Waals surface area contributed by atoms with Gasteiger partial charge in [-0.25, -0.2) is 32.2 Å². The average molecular weight is 568 g/mol. The summed E-state index contributed by atoms with van der Waals surface area (Å²) in [5.41, 5.74) is 1.48. The number of anilines is 1. The maximum Gasteiger partial charge on any atom is 0.267 e. The summed E-state index contributed by atoms with van der Waals surface area (Å²) in [4.78, 5) is 19.7. The molecule has 0 saturated heterocycles. The van der Waals surface area contributed by atoms with Crippen LogP contribution in [0.3, 0.4) is 0 Å². The normalized spacial score (nSPS) is 11.8. The summed E-state index contributed by atoms with van der Waals surface area (Å²) >= 11 is 5.89. The van der Waals surface area contributed by atoms with Gasteiger partial charge in [-0.2, -0.15) is 0 Å². The number of benzene rings is 2. The lowest BCUT2D eigenvalue weighted by atomic mass is 10.1. The van der Waals surface area contributed by atoms with Crippen molar-refractivity contribution < 1.29 is 21.9 Å². The van der Waals surface area contributed by atoms with Crippen LogP contribution in [-0.2, 0) is 10.0 Å². The largest absolute Gasteiger partial charge is 0.480 e. The number of fused-ring (bicyclic) bond motifs is 2. The number of pyridine rings is 1.